The van der Waals surface area contributed by atoms with E-state index in [1.165, 1.54) is 37.0 Å². The van der Waals surface area contributed by atoms with E-state index in [-0.39, 0.29) is 35.1 Å². The lowest BCUT2D eigenvalue weighted by Crippen LogP contribution is -2.45. The number of carbonyl (C=O) groups excluding carboxylic acids is 2. The number of aromatic nitrogens is 2. The first kappa shape index (κ1) is 20.6. The molecule has 3 N–H and O–H groups in total. The van der Waals surface area contributed by atoms with E-state index < -0.39 is 34.8 Å². The highest BCUT2D eigenvalue weighted by atomic mass is 19.1. The monoisotopic (exact) mass is 428 g/mol. The number of pyridine rings is 2. The summed E-state index contributed by atoms with van der Waals surface area (Å²) in [6, 6.07) is 0. The van der Waals surface area contributed by atoms with Crippen LogP contribution in [0.3, 0.4) is 0 Å². The van der Waals surface area contributed by atoms with Gasteiger partial charge in [0.2, 0.25) is 0 Å². The molecule has 1 aliphatic carbocycles. The quantitative estimate of drug-likeness (QED) is 0.666. The molecule has 3 heterocycles. The van der Waals surface area contributed by atoms with Crippen LogP contribution in [0.5, 0.6) is 11.5 Å². The Balaban J connectivity index is 1.91. The van der Waals surface area contributed by atoms with Gasteiger partial charge in [-0.2, -0.15) is 0 Å². The number of nitrogens with one attached hydrogen (secondary N) is 2. The Labute approximate surface area is 176 Å². The zero-order valence-electron chi connectivity index (χ0n) is 16.9. The van der Waals surface area contributed by atoms with Crippen molar-refractivity contribution in [2.75, 3.05) is 14.1 Å². The van der Waals surface area contributed by atoms with Crippen molar-refractivity contribution in [3.8, 4) is 11.5 Å². The highest BCUT2D eigenvalue weighted by molar-refractivity contribution is 6.02. The molecule has 2 unspecified atom stereocenters. The zero-order chi connectivity index (χ0) is 22.3. The SMILES string of the molecule is CNC(=O)c1c(O)c2ncc(CC3C=CC(F)=CC3)c3c2n(c1=O)CC(C(=O)NC)O3. The molecule has 2 amide bonds. The second-order valence-electron chi connectivity index (χ2n) is 7.40. The molecule has 0 fully saturated rings. The highest BCUT2D eigenvalue weighted by Crippen LogP contribution is 2.38. The fourth-order valence-electron chi connectivity index (χ4n) is 3.90. The molecule has 0 saturated heterocycles. The maximum atomic E-state index is 13.3. The van der Waals surface area contributed by atoms with E-state index in [1.807, 2.05) is 0 Å². The van der Waals surface area contributed by atoms with Crippen LogP contribution < -0.4 is 20.9 Å². The van der Waals surface area contributed by atoms with Crippen LogP contribution in [0.15, 0.2) is 35.0 Å². The lowest BCUT2D eigenvalue weighted by molar-refractivity contribution is -0.128. The Morgan fingerprint density at radius 3 is 2.77 bits per heavy atom. The van der Waals surface area contributed by atoms with Crippen LogP contribution in [0, 0.1) is 5.92 Å². The van der Waals surface area contributed by atoms with E-state index in [0.717, 1.165) is 0 Å². The van der Waals surface area contributed by atoms with E-state index in [1.54, 1.807) is 6.08 Å². The van der Waals surface area contributed by atoms with Crippen molar-refractivity contribution < 1.29 is 23.8 Å². The van der Waals surface area contributed by atoms with Crippen LogP contribution >= 0.6 is 0 Å². The lowest BCUT2D eigenvalue weighted by Gasteiger charge is -2.29. The molecule has 2 aromatic heterocycles. The number of hydrogen-bond donors (Lipinski definition) is 3. The van der Waals surface area contributed by atoms with Crippen LogP contribution in [0.1, 0.15) is 22.3 Å². The molecule has 2 aliphatic rings. The standard InChI is InChI=1S/C21H21FN4O5/c1-23-19(28)13-9-26-16-15(17(27)14(21(26)30)20(29)24-2)25-8-11(18(16)31-13)7-10-3-5-12(22)6-4-10/h3,5-6,8,10,13,27H,4,7,9H2,1-2H3,(H,23,28)(H,24,29). The summed E-state index contributed by atoms with van der Waals surface area (Å²) in [5, 5.41) is 15.5. The molecule has 0 spiro atoms. The minimum absolute atomic E-state index is 0.0254. The third-order valence-corrected chi connectivity index (χ3v) is 5.50. The van der Waals surface area contributed by atoms with E-state index in [9.17, 15) is 23.9 Å². The van der Waals surface area contributed by atoms with Gasteiger partial charge in [0.25, 0.3) is 17.4 Å². The van der Waals surface area contributed by atoms with Gasteiger partial charge in [-0.1, -0.05) is 6.08 Å². The van der Waals surface area contributed by atoms with E-state index in [2.05, 4.69) is 15.6 Å². The van der Waals surface area contributed by atoms with Crippen LogP contribution in [0.4, 0.5) is 4.39 Å². The summed E-state index contributed by atoms with van der Waals surface area (Å²) in [4.78, 5) is 41.9. The summed E-state index contributed by atoms with van der Waals surface area (Å²) in [6.45, 7) is -0.144. The molecule has 10 heteroatoms. The number of hydrogen-bond acceptors (Lipinski definition) is 6. The lowest BCUT2D eigenvalue weighted by atomic mass is 9.92. The maximum Gasteiger partial charge on any atom is 0.268 e. The van der Waals surface area contributed by atoms with Crippen LogP contribution in [-0.4, -0.2) is 46.7 Å². The summed E-state index contributed by atoms with van der Waals surface area (Å²) in [5.41, 5.74) is -0.350. The van der Waals surface area contributed by atoms with Gasteiger partial charge in [-0.25, -0.2) is 4.39 Å². The first-order chi connectivity index (χ1) is 14.8. The van der Waals surface area contributed by atoms with Crippen molar-refractivity contribution in [2.24, 2.45) is 5.92 Å². The Hall–Kier alpha value is -3.69. The number of likely N-dealkylation sites (N-methyl/N-ethyl adjacent to an activating group) is 1. The Morgan fingerprint density at radius 2 is 2.13 bits per heavy atom. The van der Waals surface area contributed by atoms with E-state index >= 15 is 0 Å². The van der Waals surface area contributed by atoms with Crippen molar-refractivity contribution in [2.45, 2.75) is 25.5 Å². The summed E-state index contributed by atoms with van der Waals surface area (Å²) in [6.07, 6.45) is 5.98. The third-order valence-electron chi connectivity index (χ3n) is 5.50. The van der Waals surface area contributed by atoms with Crippen molar-refractivity contribution in [1.82, 2.24) is 20.2 Å². The average molecular weight is 428 g/mol. The van der Waals surface area contributed by atoms with Crippen LogP contribution in [-0.2, 0) is 17.8 Å². The molecule has 0 bridgehead atoms. The molecular formula is C21H21FN4O5. The smallest absolute Gasteiger partial charge is 0.268 e. The fourth-order valence-corrected chi connectivity index (χ4v) is 3.90. The van der Waals surface area contributed by atoms with Crippen molar-refractivity contribution >= 4 is 22.8 Å². The topological polar surface area (TPSA) is 123 Å². The number of allylic oxidation sites excluding steroid dienone is 4. The summed E-state index contributed by atoms with van der Waals surface area (Å²) >= 11 is 0. The van der Waals surface area contributed by atoms with E-state index in [4.69, 9.17) is 4.74 Å². The molecule has 2 aromatic rings. The molecule has 1 aliphatic heterocycles. The van der Waals surface area contributed by atoms with Gasteiger partial charge in [-0.3, -0.25) is 23.9 Å². The van der Waals surface area contributed by atoms with Gasteiger partial charge in [0, 0.05) is 25.9 Å². The molecule has 9 nitrogen and oxygen atoms in total. The molecule has 162 valence electrons. The van der Waals surface area contributed by atoms with E-state index in [0.29, 0.717) is 18.4 Å². The fraction of sp³-hybridized carbons (Fsp3) is 0.333. The summed E-state index contributed by atoms with van der Waals surface area (Å²) in [5.74, 6) is -1.84. The third kappa shape index (κ3) is 3.43. The normalized spacial score (nSPS) is 19.5. The number of halogens is 1. The molecule has 0 radical (unpaired) electrons. The van der Waals surface area contributed by atoms with Gasteiger partial charge in [-0.05, 0) is 30.9 Å². The Morgan fingerprint density at radius 1 is 1.35 bits per heavy atom. The number of nitrogens with zero attached hydrogens (tertiary/aromatic N) is 2. The second kappa shape index (κ2) is 7.86. The van der Waals surface area contributed by atoms with Gasteiger partial charge >= 0.3 is 0 Å². The average Bonchev–Trinajstić information content (AvgIpc) is 2.78. The van der Waals surface area contributed by atoms with Gasteiger partial charge in [0.1, 0.15) is 22.4 Å². The highest BCUT2D eigenvalue weighted by Gasteiger charge is 2.34. The number of rotatable bonds is 4. The molecule has 4 rings (SSSR count). The molecular weight excluding hydrogens is 407 g/mol. The predicted molar refractivity (Wildman–Crippen MR) is 110 cm³/mol. The first-order valence-corrected chi connectivity index (χ1v) is 9.77. The first-order valence-electron chi connectivity index (χ1n) is 9.77. The number of carbonyl (C=O) groups is 2. The minimum atomic E-state index is -1.01. The van der Waals surface area contributed by atoms with Gasteiger partial charge < -0.3 is 20.5 Å². The Bertz CT molecular complexity index is 1220. The summed E-state index contributed by atoms with van der Waals surface area (Å²) < 4.78 is 20.5. The van der Waals surface area contributed by atoms with Gasteiger partial charge in [-0.15, -0.1) is 0 Å². The predicted octanol–water partition coefficient (Wildman–Crippen LogP) is 0.941. The van der Waals surface area contributed by atoms with Crippen LogP contribution in [0.2, 0.25) is 0 Å². The minimum Gasteiger partial charge on any atom is -0.505 e. The maximum absolute atomic E-state index is 13.3. The zero-order valence-corrected chi connectivity index (χ0v) is 16.9. The van der Waals surface area contributed by atoms with Crippen LogP contribution in [0.25, 0.3) is 11.0 Å². The van der Waals surface area contributed by atoms with Crippen molar-refractivity contribution in [1.29, 1.82) is 0 Å². The molecule has 2 atom stereocenters. The van der Waals surface area contributed by atoms with Gasteiger partial charge in [0.05, 0.1) is 6.54 Å². The summed E-state index contributed by atoms with van der Waals surface area (Å²) in [7, 11) is 2.79. The number of amides is 2. The molecule has 0 saturated carbocycles. The largest absolute Gasteiger partial charge is 0.505 e. The number of ether oxygens (including phenoxy) is 1. The second-order valence-corrected chi connectivity index (χ2v) is 7.40. The van der Waals surface area contributed by atoms with Crippen molar-refractivity contribution in [3.63, 3.8) is 0 Å². The molecule has 0 aromatic carbocycles. The Kier molecular flexibility index (Phi) is 5.22. The van der Waals surface area contributed by atoms with Crippen molar-refractivity contribution in [3.05, 3.63) is 51.7 Å². The van der Waals surface area contributed by atoms with Gasteiger partial charge in [0.15, 0.2) is 17.6 Å². The number of aromatic hydroxyl groups is 1. The molecule has 31 heavy (non-hydrogen) atoms.